The summed E-state index contributed by atoms with van der Waals surface area (Å²) >= 11 is 0. The normalized spacial score (nSPS) is 11.5. The van der Waals surface area contributed by atoms with Crippen molar-refractivity contribution in [3.05, 3.63) is 29.8 Å². The second kappa shape index (κ2) is 3.01. The first-order chi connectivity index (χ1) is 6.33. The first-order valence-electron chi connectivity index (χ1n) is 4.26. The summed E-state index contributed by atoms with van der Waals surface area (Å²) in [5.41, 5.74) is 3.19. The zero-order valence-corrected chi connectivity index (χ0v) is 7.73. The van der Waals surface area contributed by atoms with Crippen LogP contribution in [0.4, 0.5) is 0 Å². The number of benzene rings is 1. The molecular formula is C10H11N3. The van der Waals surface area contributed by atoms with E-state index in [1.807, 2.05) is 44.3 Å². The van der Waals surface area contributed by atoms with Crippen molar-refractivity contribution < 1.29 is 0 Å². The summed E-state index contributed by atoms with van der Waals surface area (Å²) in [7, 11) is 0. The van der Waals surface area contributed by atoms with Crippen LogP contribution in [0.1, 0.15) is 12.5 Å². The number of aromatic nitrogens is 3. The van der Waals surface area contributed by atoms with Gasteiger partial charge in [0.15, 0.2) is 0 Å². The molecule has 13 heavy (non-hydrogen) atoms. The van der Waals surface area contributed by atoms with Gasteiger partial charge in [-0.05, 0) is 25.5 Å². The maximum Gasteiger partial charge on any atom is 0.116 e. The summed E-state index contributed by atoms with van der Waals surface area (Å²) in [6.07, 6.45) is 3.84. The van der Waals surface area contributed by atoms with E-state index in [1.54, 1.807) is 4.68 Å². The minimum absolute atomic E-state index is 0.973. The summed E-state index contributed by atoms with van der Waals surface area (Å²) < 4.78 is 1.78. The molecule has 0 aliphatic heterocycles. The lowest BCUT2D eigenvalue weighted by Gasteiger charge is -1.94. The van der Waals surface area contributed by atoms with Gasteiger partial charge in [-0.25, -0.2) is 4.68 Å². The molecule has 66 valence electrons. The molecule has 0 aliphatic rings. The number of hydrogen-bond donors (Lipinski definition) is 0. The molecule has 0 saturated heterocycles. The molecular weight excluding hydrogens is 162 g/mol. The van der Waals surface area contributed by atoms with Gasteiger partial charge < -0.3 is 0 Å². The van der Waals surface area contributed by atoms with Gasteiger partial charge in [0.05, 0.1) is 5.52 Å². The van der Waals surface area contributed by atoms with Gasteiger partial charge in [-0.1, -0.05) is 23.4 Å². The van der Waals surface area contributed by atoms with Crippen molar-refractivity contribution in [2.75, 3.05) is 0 Å². The van der Waals surface area contributed by atoms with Gasteiger partial charge in [0, 0.05) is 6.20 Å². The lowest BCUT2D eigenvalue weighted by Crippen LogP contribution is -1.87. The van der Waals surface area contributed by atoms with E-state index in [0.717, 1.165) is 16.6 Å². The quantitative estimate of drug-likeness (QED) is 0.662. The average molecular weight is 173 g/mol. The molecule has 0 fully saturated rings. The van der Waals surface area contributed by atoms with Crippen molar-refractivity contribution in [2.45, 2.75) is 13.8 Å². The Labute approximate surface area is 76.7 Å². The maximum absolute atomic E-state index is 4.10. The highest BCUT2D eigenvalue weighted by molar-refractivity contribution is 5.79. The van der Waals surface area contributed by atoms with Gasteiger partial charge in [-0.2, -0.15) is 0 Å². The standard InChI is InChI=1S/C10H11N3/c1-3-7-13-9-6-4-5-8(2)10(9)11-12-13/h3-7H,1-2H3/b7-3+. The molecule has 0 aliphatic carbocycles. The highest BCUT2D eigenvalue weighted by atomic mass is 15.4. The number of nitrogens with zero attached hydrogens (tertiary/aromatic N) is 3. The zero-order chi connectivity index (χ0) is 9.26. The molecule has 1 heterocycles. The molecule has 2 rings (SSSR count). The Balaban J connectivity index is 2.75. The highest BCUT2D eigenvalue weighted by Crippen LogP contribution is 2.14. The number of allylic oxidation sites excluding steroid dienone is 1. The summed E-state index contributed by atoms with van der Waals surface area (Å²) in [5.74, 6) is 0. The van der Waals surface area contributed by atoms with E-state index in [9.17, 15) is 0 Å². The summed E-state index contributed by atoms with van der Waals surface area (Å²) in [5, 5.41) is 8.12. The predicted octanol–water partition coefficient (Wildman–Crippen LogP) is 2.23. The SMILES string of the molecule is C/C=C/n1nnc2c(C)cccc21. The predicted molar refractivity (Wildman–Crippen MR) is 53.3 cm³/mol. The Hall–Kier alpha value is -1.64. The van der Waals surface area contributed by atoms with Crippen LogP contribution in [0, 0.1) is 6.92 Å². The fourth-order valence-electron chi connectivity index (χ4n) is 1.35. The molecule has 0 saturated carbocycles. The summed E-state index contributed by atoms with van der Waals surface area (Å²) in [6, 6.07) is 6.07. The first kappa shape index (κ1) is 7.98. The van der Waals surface area contributed by atoms with Crippen LogP contribution in [0.3, 0.4) is 0 Å². The van der Waals surface area contributed by atoms with E-state index in [2.05, 4.69) is 10.3 Å². The van der Waals surface area contributed by atoms with Crippen LogP contribution in [-0.2, 0) is 0 Å². The fraction of sp³-hybridized carbons (Fsp3) is 0.200. The minimum atomic E-state index is 0.973. The fourth-order valence-corrected chi connectivity index (χ4v) is 1.35. The second-order valence-electron chi connectivity index (χ2n) is 2.96. The Kier molecular flexibility index (Phi) is 1.85. The van der Waals surface area contributed by atoms with Crippen LogP contribution in [0.5, 0.6) is 0 Å². The maximum atomic E-state index is 4.10. The molecule has 1 aromatic heterocycles. The molecule has 0 amide bonds. The molecule has 0 spiro atoms. The van der Waals surface area contributed by atoms with Crippen molar-refractivity contribution in [1.82, 2.24) is 15.0 Å². The summed E-state index contributed by atoms with van der Waals surface area (Å²) in [6.45, 7) is 4.00. The molecule has 3 heteroatoms. The van der Waals surface area contributed by atoms with E-state index >= 15 is 0 Å². The molecule has 1 aromatic carbocycles. The molecule has 0 radical (unpaired) electrons. The molecule has 0 N–H and O–H groups in total. The minimum Gasteiger partial charge on any atom is -0.220 e. The largest absolute Gasteiger partial charge is 0.220 e. The number of fused-ring (bicyclic) bond motifs is 1. The first-order valence-corrected chi connectivity index (χ1v) is 4.26. The van der Waals surface area contributed by atoms with Gasteiger partial charge in [-0.15, -0.1) is 5.10 Å². The van der Waals surface area contributed by atoms with E-state index < -0.39 is 0 Å². The lowest BCUT2D eigenvalue weighted by atomic mass is 10.2. The van der Waals surface area contributed by atoms with Crippen LogP contribution in [-0.4, -0.2) is 15.0 Å². The van der Waals surface area contributed by atoms with Gasteiger partial charge >= 0.3 is 0 Å². The number of rotatable bonds is 1. The molecule has 2 aromatic rings. The lowest BCUT2D eigenvalue weighted by molar-refractivity contribution is 0.860. The Morgan fingerprint density at radius 3 is 3.00 bits per heavy atom. The van der Waals surface area contributed by atoms with Crippen molar-refractivity contribution in [1.29, 1.82) is 0 Å². The van der Waals surface area contributed by atoms with Gasteiger partial charge in [-0.3, -0.25) is 0 Å². The number of aryl methyl sites for hydroxylation is 1. The van der Waals surface area contributed by atoms with Gasteiger partial charge in [0.25, 0.3) is 0 Å². The van der Waals surface area contributed by atoms with E-state index in [1.165, 1.54) is 0 Å². The van der Waals surface area contributed by atoms with Crippen LogP contribution in [0.25, 0.3) is 17.2 Å². The Morgan fingerprint density at radius 1 is 1.38 bits per heavy atom. The molecule has 3 nitrogen and oxygen atoms in total. The monoisotopic (exact) mass is 173 g/mol. The molecule has 0 unspecified atom stereocenters. The van der Waals surface area contributed by atoms with Gasteiger partial charge in [0.2, 0.25) is 0 Å². The van der Waals surface area contributed by atoms with Crippen molar-refractivity contribution in [2.24, 2.45) is 0 Å². The molecule has 0 atom stereocenters. The number of hydrogen-bond acceptors (Lipinski definition) is 2. The van der Waals surface area contributed by atoms with Crippen molar-refractivity contribution in [3.63, 3.8) is 0 Å². The Morgan fingerprint density at radius 2 is 2.23 bits per heavy atom. The van der Waals surface area contributed by atoms with Crippen LogP contribution < -0.4 is 0 Å². The zero-order valence-electron chi connectivity index (χ0n) is 7.73. The van der Waals surface area contributed by atoms with Crippen LogP contribution in [0.15, 0.2) is 24.3 Å². The van der Waals surface area contributed by atoms with E-state index in [4.69, 9.17) is 0 Å². The topological polar surface area (TPSA) is 30.7 Å². The van der Waals surface area contributed by atoms with Gasteiger partial charge in [0.1, 0.15) is 5.52 Å². The average Bonchev–Trinajstić information content (AvgIpc) is 2.51. The van der Waals surface area contributed by atoms with Crippen molar-refractivity contribution >= 4 is 17.2 Å². The van der Waals surface area contributed by atoms with E-state index in [0.29, 0.717) is 0 Å². The smallest absolute Gasteiger partial charge is 0.116 e. The van der Waals surface area contributed by atoms with Crippen LogP contribution >= 0.6 is 0 Å². The third-order valence-electron chi connectivity index (χ3n) is 1.99. The Bertz CT molecular complexity index is 454. The molecule has 0 bridgehead atoms. The van der Waals surface area contributed by atoms with E-state index in [-0.39, 0.29) is 0 Å². The third-order valence-corrected chi connectivity index (χ3v) is 1.99. The highest BCUT2D eigenvalue weighted by Gasteiger charge is 2.02. The third kappa shape index (κ3) is 1.22. The van der Waals surface area contributed by atoms with Crippen molar-refractivity contribution in [3.8, 4) is 0 Å². The van der Waals surface area contributed by atoms with Crippen LogP contribution in [0.2, 0.25) is 0 Å². The summed E-state index contributed by atoms with van der Waals surface area (Å²) in [4.78, 5) is 0. The second-order valence-corrected chi connectivity index (χ2v) is 2.96.